The van der Waals surface area contributed by atoms with Crippen LogP contribution >= 0.6 is 0 Å². The number of halogens is 3. The van der Waals surface area contributed by atoms with Crippen LogP contribution < -0.4 is 5.48 Å². The molecule has 1 heterocycles. The van der Waals surface area contributed by atoms with Gasteiger partial charge in [-0.05, 0) is 12.1 Å². The highest BCUT2D eigenvalue weighted by atomic mass is 19.4. The van der Waals surface area contributed by atoms with Crippen molar-refractivity contribution in [2.24, 2.45) is 0 Å². The summed E-state index contributed by atoms with van der Waals surface area (Å²) >= 11 is 0. The lowest BCUT2D eigenvalue weighted by Gasteiger charge is -2.11. The molecule has 0 aliphatic rings. The predicted octanol–water partition coefficient (Wildman–Crippen LogP) is 2.01. The molecule has 19 heavy (non-hydrogen) atoms. The number of nitrogens with one attached hydrogen (secondary N) is 1. The zero-order valence-corrected chi connectivity index (χ0v) is 9.35. The molecule has 2 aromatic rings. The highest BCUT2D eigenvalue weighted by Gasteiger charge is 2.40. The Hall–Kier alpha value is -2.35. The number of hydrogen-bond acceptors (Lipinski definition) is 3. The van der Waals surface area contributed by atoms with E-state index in [0.717, 1.165) is 6.20 Å². The average molecular weight is 271 g/mol. The van der Waals surface area contributed by atoms with E-state index in [1.165, 1.54) is 17.6 Å². The molecule has 2 N–H and O–H groups in total. The Morgan fingerprint density at radius 2 is 1.89 bits per heavy atom. The van der Waals surface area contributed by atoms with E-state index in [9.17, 15) is 18.0 Å². The van der Waals surface area contributed by atoms with E-state index in [0.29, 0.717) is 4.68 Å². The van der Waals surface area contributed by atoms with E-state index in [1.807, 2.05) is 0 Å². The fourth-order valence-electron chi connectivity index (χ4n) is 1.61. The van der Waals surface area contributed by atoms with Gasteiger partial charge in [-0.15, -0.1) is 0 Å². The second-order valence-corrected chi connectivity index (χ2v) is 3.59. The Balaban J connectivity index is 2.64. The SMILES string of the molecule is O=C(NO)c1cnn(-c2ccccc2)c1C(F)(F)F. The normalized spacial score (nSPS) is 11.4. The molecule has 0 aliphatic carbocycles. The van der Waals surface area contributed by atoms with Crippen LogP contribution in [0.4, 0.5) is 13.2 Å². The van der Waals surface area contributed by atoms with Gasteiger partial charge in [0.25, 0.3) is 5.91 Å². The summed E-state index contributed by atoms with van der Waals surface area (Å²) in [6.07, 6.45) is -4.03. The third kappa shape index (κ3) is 2.43. The van der Waals surface area contributed by atoms with Crippen LogP contribution in [0.2, 0.25) is 0 Å². The number of alkyl halides is 3. The standard InChI is InChI=1S/C11H8F3N3O2/c12-11(13,14)9-8(10(18)16-19)6-15-17(9)7-4-2-1-3-5-7/h1-6,19H,(H,16,18). The lowest BCUT2D eigenvalue weighted by molar-refractivity contribution is -0.143. The van der Waals surface area contributed by atoms with E-state index in [2.05, 4.69) is 5.10 Å². The van der Waals surface area contributed by atoms with Crippen molar-refractivity contribution in [1.29, 1.82) is 0 Å². The van der Waals surface area contributed by atoms with Gasteiger partial charge in [0.2, 0.25) is 0 Å². The summed E-state index contributed by atoms with van der Waals surface area (Å²) in [5.41, 5.74) is -0.671. The summed E-state index contributed by atoms with van der Waals surface area (Å²) in [6.45, 7) is 0. The Kier molecular flexibility index (Phi) is 3.26. The molecule has 5 nitrogen and oxygen atoms in total. The molecule has 0 saturated heterocycles. The van der Waals surface area contributed by atoms with Crippen LogP contribution in [0.15, 0.2) is 36.5 Å². The summed E-state index contributed by atoms with van der Waals surface area (Å²) in [7, 11) is 0. The van der Waals surface area contributed by atoms with Gasteiger partial charge in [0.1, 0.15) is 0 Å². The maximum atomic E-state index is 13.0. The number of aromatic nitrogens is 2. The third-order valence-corrected chi connectivity index (χ3v) is 2.38. The molecule has 2 rings (SSSR count). The van der Waals surface area contributed by atoms with Gasteiger partial charge in [-0.3, -0.25) is 10.0 Å². The summed E-state index contributed by atoms with van der Waals surface area (Å²) in [6, 6.07) is 7.57. The van der Waals surface area contributed by atoms with E-state index in [-0.39, 0.29) is 5.69 Å². The number of hydrogen-bond donors (Lipinski definition) is 2. The van der Waals surface area contributed by atoms with Crippen LogP contribution in [-0.2, 0) is 6.18 Å². The van der Waals surface area contributed by atoms with Gasteiger partial charge in [-0.2, -0.15) is 18.3 Å². The molecule has 0 aliphatic heterocycles. The minimum Gasteiger partial charge on any atom is -0.288 e. The number of rotatable bonds is 2. The first-order chi connectivity index (χ1) is 8.95. The van der Waals surface area contributed by atoms with Crippen LogP contribution in [-0.4, -0.2) is 20.9 Å². The van der Waals surface area contributed by atoms with Crippen molar-refractivity contribution in [3.63, 3.8) is 0 Å². The highest BCUT2D eigenvalue weighted by Crippen LogP contribution is 2.33. The monoisotopic (exact) mass is 271 g/mol. The average Bonchev–Trinajstić information content (AvgIpc) is 2.83. The number of amides is 1. The van der Waals surface area contributed by atoms with E-state index in [4.69, 9.17) is 5.21 Å². The molecule has 0 saturated carbocycles. The van der Waals surface area contributed by atoms with Gasteiger partial charge in [-0.1, -0.05) is 18.2 Å². The lowest BCUT2D eigenvalue weighted by Crippen LogP contribution is -2.23. The molecule has 8 heteroatoms. The van der Waals surface area contributed by atoms with Crippen molar-refractivity contribution in [1.82, 2.24) is 15.3 Å². The number of para-hydroxylation sites is 1. The van der Waals surface area contributed by atoms with Crippen molar-refractivity contribution in [2.45, 2.75) is 6.18 Å². The first kappa shape index (κ1) is 13.1. The Bertz CT molecular complexity index is 593. The number of carbonyl (C=O) groups excluding carboxylic acids is 1. The van der Waals surface area contributed by atoms with Gasteiger partial charge in [0.05, 0.1) is 17.4 Å². The summed E-state index contributed by atoms with van der Waals surface area (Å²) in [4.78, 5) is 11.2. The van der Waals surface area contributed by atoms with Crippen molar-refractivity contribution < 1.29 is 23.2 Å². The van der Waals surface area contributed by atoms with Gasteiger partial charge in [0, 0.05) is 0 Å². The molecular formula is C11H8F3N3O2. The zero-order chi connectivity index (χ0) is 14.0. The lowest BCUT2D eigenvalue weighted by atomic mass is 10.2. The van der Waals surface area contributed by atoms with Crippen LogP contribution in [0.3, 0.4) is 0 Å². The smallest absolute Gasteiger partial charge is 0.288 e. The summed E-state index contributed by atoms with van der Waals surface area (Å²) < 4.78 is 39.6. The first-order valence-electron chi connectivity index (χ1n) is 5.10. The van der Waals surface area contributed by atoms with Crippen molar-refractivity contribution in [2.75, 3.05) is 0 Å². The fourth-order valence-corrected chi connectivity index (χ4v) is 1.61. The Morgan fingerprint density at radius 3 is 2.42 bits per heavy atom. The molecule has 1 aromatic heterocycles. The molecule has 0 atom stereocenters. The van der Waals surface area contributed by atoms with Crippen molar-refractivity contribution in [3.05, 3.63) is 47.8 Å². The van der Waals surface area contributed by atoms with Crippen molar-refractivity contribution in [3.8, 4) is 5.69 Å². The molecule has 1 aromatic carbocycles. The first-order valence-corrected chi connectivity index (χ1v) is 5.10. The summed E-state index contributed by atoms with van der Waals surface area (Å²) in [5, 5.41) is 12.0. The van der Waals surface area contributed by atoms with Crippen LogP contribution in [0.5, 0.6) is 0 Å². The maximum Gasteiger partial charge on any atom is 0.434 e. The molecule has 1 amide bonds. The summed E-state index contributed by atoms with van der Waals surface area (Å²) in [5.74, 6) is -1.27. The molecule has 0 radical (unpaired) electrons. The predicted molar refractivity (Wildman–Crippen MR) is 57.8 cm³/mol. The molecule has 100 valence electrons. The molecular weight excluding hydrogens is 263 g/mol. The van der Waals surface area contributed by atoms with Crippen LogP contribution in [0, 0.1) is 0 Å². The quantitative estimate of drug-likeness (QED) is 0.648. The maximum absolute atomic E-state index is 13.0. The number of benzene rings is 1. The molecule has 0 fully saturated rings. The topological polar surface area (TPSA) is 67.2 Å². The number of hydroxylamine groups is 1. The fraction of sp³-hybridized carbons (Fsp3) is 0.0909. The van der Waals surface area contributed by atoms with Gasteiger partial charge < -0.3 is 0 Å². The Morgan fingerprint density at radius 1 is 1.26 bits per heavy atom. The zero-order valence-electron chi connectivity index (χ0n) is 9.35. The minimum atomic E-state index is -4.78. The van der Waals surface area contributed by atoms with Crippen molar-refractivity contribution >= 4 is 5.91 Å². The van der Waals surface area contributed by atoms with E-state index >= 15 is 0 Å². The van der Waals surface area contributed by atoms with Crippen LogP contribution in [0.25, 0.3) is 5.69 Å². The number of nitrogens with zero attached hydrogens (tertiary/aromatic N) is 2. The highest BCUT2D eigenvalue weighted by molar-refractivity contribution is 5.94. The van der Waals surface area contributed by atoms with Gasteiger partial charge in [-0.25, -0.2) is 10.2 Å². The van der Waals surface area contributed by atoms with Crippen LogP contribution in [0.1, 0.15) is 16.1 Å². The van der Waals surface area contributed by atoms with E-state index in [1.54, 1.807) is 18.2 Å². The second kappa shape index (κ2) is 4.73. The van der Waals surface area contributed by atoms with Gasteiger partial charge in [0.15, 0.2) is 5.69 Å². The minimum absolute atomic E-state index is 0.159. The number of carbonyl (C=O) groups is 1. The molecule has 0 spiro atoms. The van der Waals surface area contributed by atoms with Gasteiger partial charge >= 0.3 is 6.18 Å². The third-order valence-electron chi connectivity index (χ3n) is 2.38. The molecule has 0 unspecified atom stereocenters. The molecule has 0 bridgehead atoms. The largest absolute Gasteiger partial charge is 0.434 e. The second-order valence-electron chi connectivity index (χ2n) is 3.59. The Labute approximate surface area is 105 Å². The van der Waals surface area contributed by atoms with E-state index < -0.39 is 23.3 Å².